The summed E-state index contributed by atoms with van der Waals surface area (Å²) in [6.07, 6.45) is 0.413. The molecule has 0 fully saturated rings. The van der Waals surface area contributed by atoms with Gasteiger partial charge >= 0.3 is 11.8 Å². The number of thiol groups is 1. The fourth-order valence-electron chi connectivity index (χ4n) is 3.01. The first-order chi connectivity index (χ1) is 18.7. The number of non-ortho nitro benzene ring substituents is 2. The van der Waals surface area contributed by atoms with Crippen LogP contribution in [-0.4, -0.2) is 39.1 Å². The number of carbonyl (C=O) groups is 1. The number of aromatic nitrogens is 1. The smallest absolute Gasteiger partial charge is 0.433 e. The molecule has 2 atom stereocenters. The van der Waals surface area contributed by atoms with Gasteiger partial charge in [-0.05, 0) is 28.0 Å². The normalized spacial score (nSPS) is 12.2. The predicted molar refractivity (Wildman–Crippen MR) is 150 cm³/mol. The summed E-state index contributed by atoms with van der Waals surface area (Å²) in [7, 11) is 3.20. The van der Waals surface area contributed by atoms with E-state index in [-0.39, 0.29) is 35.3 Å². The molecule has 13 nitrogen and oxygen atoms in total. The minimum Gasteiger partial charge on any atom is -0.433 e. The summed E-state index contributed by atoms with van der Waals surface area (Å²) in [6, 6.07) is 14.1. The van der Waals surface area contributed by atoms with Gasteiger partial charge in [0, 0.05) is 36.5 Å². The molecule has 3 aromatic rings. The van der Waals surface area contributed by atoms with Crippen LogP contribution in [0, 0.1) is 30.3 Å². The molecular formula is C22H18N4O9S4. The molecular weight excluding hydrogens is 593 g/mol. The third kappa shape index (κ3) is 8.74. The number of rotatable bonds is 13. The first kappa shape index (κ1) is 30.0. The van der Waals surface area contributed by atoms with Gasteiger partial charge < -0.3 is 9.47 Å². The van der Waals surface area contributed by atoms with E-state index in [1.165, 1.54) is 66.9 Å². The van der Waals surface area contributed by atoms with Crippen molar-refractivity contribution in [3.63, 3.8) is 0 Å². The Morgan fingerprint density at radius 1 is 0.821 bits per heavy atom. The maximum atomic E-state index is 12.4. The lowest BCUT2D eigenvalue weighted by molar-refractivity contribution is -0.388. The van der Waals surface area contributed by atoms with E-state index in [0.717, 1.165) is 32.4 Å². The highest BCUT2D eigenvalue weighted by Gasteiger charge is 2.23. The molecule has 3 rings (SSSR count). The van der Waals surface area contributed by atoms with Crippen LogP contribution in [0.2, 0.25) is 0 Å². The highest BCUT2D eigenvalue weighted by Crippen LogP contribution is 2.44. The van der Waals surface area contributed by atoms with Crippen LogP contribution < -0.4 is 0 Å². The van der Waals surface area contributed by atoms with Gasteiger partial charge in [-0.1, -0.05) is 45.9 Å². The van der Waals surface area contributed by atoms with Crippen LogP contribution in [0.15, 0.2) is 71.9 Å². The number of benzene rings is 2. The molecule has 0 aliphatic heterocycles. The van der Waals surface area contributed by atoms with E-state index >= 15 is 0 Å². The van der Waals surface area contributed by atoms with Crippen molar-refractivity contribution in [3.8, 4) is 0 Å². The van der Waals surface area contributed by atoms with Crippen LogP contribution in [0.5, 0.6) is 0 Å². The molecule has 2 aromatic carbocycles. The number of hydrogen-bond donors (Lipinski definition) is 1. The second-order valence-electron chi connectivity index (χ2n) is 7.42. The zero-order chi connectivity index (χ0) is 28.4. The zero-order valence-electron chi connectivity index (χ0n) is 19.6. The summed E-state index contributed by atoms with van der Waals surface area (Å²) < 4.78 is 10.5. The van der Waals surface area contributed by atoms with Crippen molar-refractivity contribution in [1.82, 2.24) is 4.98 Å². The molecule has 0 spiro atoms. The SMILES string of the molecule is O=C(OCC(SS)c1ccc([N+](=O)[O-])cc1)OCC(SSc1ncccc1[N+](=O)[O-])c1ccc([N+](=O)[O-])cc1. The van der Waals surface area contributed by atoms with E-state index in [4.69, 9.17) is 9.47 Å². The van der Waals surface area contributed by atoms with Crippen LogP contribution in [-0.2, 0) is 9.47 Å². The Kier molecular flexibility index (Phi) is 11.2. The van der Waals surface area contributed by atoms with E-state index in [0.29, 0.717) is 11.1 Å². The van der Waals surface area contributed by atoms with Crippen molar-refractivity contribution in [2.24, 2.45) is 0 Å². The third-order valence-corrected chi connectivity index (χ3v) is 9.07. The minimum atomic E-state index is -0.995. The maximum absolute atomic E-state index is 12.4. The fraction of sp³-hybridized carbons (Fsp3) is 0.182. The fourth-order valence-corrected chi connectivity index (χ4v) is 6.40. The summed E-state index contributed by atoms with van der Waals surface area (Å²) in [5.41, 5.74) is 0.822. The van der Waals surface area contributed by atoms with Crippen LogP contribution in [0.25, 0.3) is 0 Å². The third-order valence-electron chi connectivity index (χ3n) is 4.97. The van der Waals surface area contributed by atoms with Crippen molar-refractivity contribution < 1.29 is 29.0 Å². The number of pyridine rings is 1. The predicted octanol–water partition coefficient (Wildman–Crippen LogP) is 6.76. The highest BCUT2D eigenvalue weighted by atomic mass is 33.1. The van der Waals surface area contributed by atoms with Crippen molar-refractivity contribution in [3.05, 3.63) is 108 Å². The van der Waals surface area contributed by atoms with Gasteiger partial charge in [0.2, 0.25) is 0 Å². The van der Waals surface area contributed by atoms with Crippen molar-refractivity contribution in [2.75, 3.05) is 13.2 Å². The second kappa shape index (κ2) is 14.6. The Morgan fingerprint density at radius 3 is 1.82 bits per heavy atom. The summed E-state index contributed by atoms with van der Waals surface area (Å²) in [6.45, 7) is -0.347. The molecule has 39 heavy (non-hydrogen) atoms. The standard InChI is InChI=1S/C22H18N4O9S4/c27-22(34-12-19(37-36)14-3-7-16(8-4-14)24(28)29)35-13-20(15-5-9-17(10-6-15)25(30)31)38-39-21-18(26(32)33)2-1-11-23-21/h1-11,19-20,36H,12-13H2. The monoisotopic (exact) mass is 610 g/mol. The van der Waals surface area contributed by atoms with Crippen LogP contribution >= 0.6 is 44.0 Å². The molecule has 17 heteroatoms. The molecule has 0 aliphatic carbocycles. The van der Waals surface area contributed by atoms with Gasteiger partial charge in [-0.25, -0.2) is 9.78 Å². The second-order valence-corrected chi connectivity index (χ2v) is 11.2. The summed E-state index contributed by atoms with van der Waals surface area (Å²) >= 11 is 4.18. The molecule has 0 saturated heterocycles. The van der Waals surface area contributed by atoms with E-state index in [2.05, 4.69) is 16.6 Å². The van der Waals surface area contributed by atoms with E-state index in [1.54, 1.807) is 0 Å². The number of nitrogens with zero attached hydrogens (tertiary/aromatic N) is 4. The van der Waals surface area contributed by atoms with Gasteiger partial charge in [-0.15, -0.1) is 11.7 Å². The maximum Gasteiger partial charge on any atom is 0.508 e. The number of nitro groups is 3. The van der Waals surface area contributed by atoms with Gasteiger partial charge in [0.1, 0.15) is 13.2 Å². The highest BCUT2D eigenvalue weighted by molar-refractivity contribution is 8.76. The molecule has 1 aromatic heterocycles. The van der Waals surface area contributed by atoms with E-state index in [1.807, 2.05) is 0 Å². The van der Waals surface area contributed by atoms with Gasteiger partial charge in [-0.3, -0.25) is 30.3 Å². The molecule has 0 amide bonds. The van der Waals surface area contributed by atoms with Crippen molar-refractivity contribution >= 4 is 67.3 Å². The lowest BCUT2D eigenvalue weighted by atomic mass is 10.1. The molecule has 204 valence electrons. The Balaban J connectivity index is 1.65. The molecule has 1 heterocycles. The van der Waals surface area contributed by atoms with Crippen molar-refractivity contribution in [1.29, 1.82) is 0 Å². The lowest BCUT2D eigenvalue weighted by Gasteiger charge is -2.17. The number of carbonyl (C=O) groups excluding carboxylic acids is 1. The molecule has 0 radical (unpaired) electrons. The minimum absolute atomic E-state index is 0.0781. The lowest BCUT2D eigenvalue weighted by Crippen LogP contribution is -2.15. The average Bonchev–Trinajstić information content (AvgIpc) is 2.93. The van der Waals surface area contributed by atoms with Gasteiger partial charge in [0.05, 0.1) is 25.3 Å². The van der Waals surface area contributed by atoms with Crippen LogP contribution in [0.3, 0.4) is 0 Å². The molecule has 0 N–H and O–H groups in total. The van der Waals surface area contributed by atoms with Gasteiger partial charge in [0.25, 0.3) is 11.4 Å². The summed E-state index contributed by atoms with van der Waals surface area (Å²) in [5, 5.41) is 32.3. The van der Waals surface area contributed by atoms with Gasteiger partial charge in [0.15, 0.2) is 5.03 Å². The summed E-state index contributed by atoms with van der Waals surface area (Å²) in [4.78, 5) is 47.9. The number of ether oxygens (including phenoxy) is 2. The zero-order valence-corrected chi connectivity index (χ0v) is 22.9. The Morgan fingerprint density at radius 2 is 1.33 bits per heavy atom. The Labute approximate surface area is 237 Å². The number of nitro benzene ring substituents is 2. The largest absolute Gasteiger partial charge is 0.508 e. The van der Waals surface area contributed by atoms with E-state index < -0.39 is 31.4 Å². The van der Waals surface area contributed by atoms with Crippen LogP contribution in [0.1, 0.15) is 21.6 Å². The average molecular weight is 611 g/mol. The molecule has 0 aliphatic rings. The quantitative estimate of drug-likeness (QED) is 0.0706. The molecule has 0 bridgehead atoms. The first-order valence-corrected chi connectivity index (χ1v) is 14.8. The molecule has 2 unspecified atom stereocenters. The van der Waals surface area contributed by atoms with Crippen molar-refractivity contribution in [2.45, 2.75) is 15.5 Å². The first-order valence-electron chi connectivity index (χ1n) is 10.7. The van der Waals surface area contributed by atoms with E-state index in [9.17, 15) is 35.1 Å². The number of hydrogen-bond acceptors (Lipinski definition) is 14. The molecule has 0 saturated carbocycles. The topological polar surface area (TPSA) is 178 Å². The Hall–Kier alpha value is -3.54. The van der Waals surface area contributed by atoms with Gasteiger partial charge in [-0.2, -0.15) is 0 Å². The Bertz CT molecular complexity index is 1330. The van der Waals surface area contributed by atoms with Crippen LogP contribution in [0.4, 0.5) is 21.9 Å². The summed E-state index contributed by atoms with van der Waals surface area (Å²) in [5.74, 6) is 0.